The summed E-state index contributed by atoms with van der Waals surface area (Å²) in [6.45, 7) is 2.03. The molecule has 0 fully saturated rings. The van der Waals surface area contributed by atoms with Crippen molar-refractivity contribution in [3.63, 3.8) is 0 Å². The number of anilines is 1. The lowest BCUT2D eigenvalue weighted by molar-refractivity contribution is 0.415. The van der Waals surface area contributed by atoms with Gasteiger partial charge in [-0.3, -0.25) is 0 Å². The molecule has 0 saturated carbocycles. The predicted molar refractivity (Wildman–Crippen MR) is 69.8 cm³/mol. The second-order valence-corrected chi connectivity index (χ2v) is 4.10. The number of halogens is 1. The summed E-state index contributed by atoms with van der Waals surface area (Å²) in [7, 11) is 5.65. The van der Waals surface area contributed by atoms with Crippen molar-refractivity contribution in [3.05, 3.63) is 23.2 Å². The molecule has 0 aromatic heterocycles. The van der Waals surface area contributed by atoms with Crippen LogP contribution in [0.15, 0.2) is 18.2 Å². The summed E-state index contributed by atoms with van der Waals surface area (Å²) >= 11 is 6.07. The van der Waals surface area contributed by atoms with E-state index in [0.29, 0.717) is 10.8 Å². The zero-order chi connectivity index (χ0) is 12.0. The van der Waals surface area contributed by atoms with Crippen molar-refractivity contribution in [2.24, 2.45) is 0 Å². The summed E-state index contributed by atoms with van der Waals surface area (Å²) in [5.74, 6) is 0.717. The molecule has 3 nitrogen and oxygen atoms in total. The molecule has 0 aliphatic rings. The minimum absolute atomic E-state index is 0.653. The summed E-state index contributed by atoms with van der Waals surface area (Å²) in [5, 5.41) is 3.78. The van der Waals surface area contributed by atoms with Gasteiger partial charge in [0.15, 0.2) is 0 Å². The smallest absolute Gasteiger partial charge is 0.137 e. The average molecular weight is 243 g/mol. The Morgan fingerprint density at radius 1 is 1.44 bits per heavy atom. The first kappa shape index (κ1) is 13.1. The van der Waals surface area contributed by atoms with Crippen LogP contribution in [-0.4, -0.2) is 34.3 Å². The van der Waals surface area contributed by atoms with Gasteiger partial charge in [-0.2, -0.15) is 0 Å². The van der Waals surface area contributed by atoms with E-state index in [4.69, 9.17) is 16.3 Å². The predicted octanol–water partition coefficient (Wildman–Crippen LogP) is 2.39. The van der Waals surface area contributed by atoms with Gasteiger partial charge in [-0.15, -0.1) is 0 Å². The van der Waals surface area contributed by atoms with Crippen LogP contribution in [0.1, 0.15) is 6.42 Å². The van der Waals surface area contributed by atoms with Crippen LogP contribution in [0.3, 0.4) is 0 Å². The summed E-state index contributed by atoms with van der Waals surface area (Å²) < 4.78 is 5.12. The molecular weight excluding hydrogens is 224 g/mol. The van der Waals surface area contributed by atoms with Crippen molar-refractivity contribution in [2.75, 3.05) is 39.2 Å². The van der Waals surface area contributed by atoms with Gasteiger partial charge in [-0.1, -0.05) is 11.6 Å². The van der Waals surface area contributed by atoms with Crippen molar-refractivity contribution in [2.45, 2.75) is 6.42 Å². The highest BCUT2D eigenvalue weighted by Crippen LogP contribution is 2.28. The fourth-order valence-electron chi connectivity index (χ4n) is 1.51. The molecule has 0 bridgehead atoms. The maximum atomic E-state index is 6.07. The third-order valence-electron chi connectivity index (χ3n) is 2.50. The van der Waals surface area contributed by atoms with Gasteiger partial charge in [0.05, 0.1) is 12.1 Å². The average Bonchev–Trinajstić information content (AvgIpc) is 2.29. The van der Waals surface area contributed by atoms with Crippen molar-refractivity contribution < 1.29 is 4.74 Å². The van der Waals surface area contributed by atoms with Gasteiger partial charge in [0.25, 0.3) is 0 Å². The molecule has 90 valence electrons. The number of methoxy groups -OCH3 is 1. The van der Waals surface area contributed by atoms with Crippen molar-refractivity contribution >= 4 is 17.3 Å². The van der Waals surface area contributed by atoms with Crippen molar-refractivity contribution in [1.29, 1.82) is 0 Å². The van der Waals surface area contributed by atoms with Crippen LogP contribution in [0.2, 0.25) is 5.02 Å². The molecule has 0 aliphatic heterocycles. The number of benzene rings is 1. The van der Waals surface area contributed by atoms with Crippen LogP contribution in [0.25, 0.3) is 0 Å². The molecule has 1 aromatic rings. The Morgan fingerprint density at radius 3 is 2.75 bits per heavy atom. The van der Waals surface area contributed by atoms with Gasteiger partial charge in [-0.25, -0.2) is 0 Å². The second kappa shape index (κ2) is 6.61. The third-order valence-corrected chi connectivity index (χ3v) is 2.79. The third kappa shape index (κ3) is 3.58. The van der Waals surface area contributed by atoms with Crippen LogP contribution >= 0.6 is 11.6 Å². The monoisotopic (exact) mass is 242 g/mol. The minimum atomic E-state index is 0.653. The molecule has 1 N–H and O–H groups in total. The minimum Gasteiger partial charge on any atom is -0.495 e. The Kier molecular flexibility index (Phi) is 5.43. The molecule has 16 heavy (non-hydrogen) atoms. The van der Waals surface area contributed by atoms with E-state index in [1.165, 1.54) is 0 Å². The largest absolute Gasteiger partial charge is 0.495 e. The Labute approximate surface area is 102 Å². The number of rotatable bonds is 6. The van der Waals surface area contributed by atoms with Crippen LogP contribution in [0.5, 0.6) is 5.75 Å². The number of nitrogens with one attached hydrogen (secondary N) is 1. The molecule has 4 heteroatoms. The van der Waals surface area contributed by atoms with Gasteiger partial charge in [0.2, 0.25) is 0 Å². The van der Waals surface area contributed by atoms with Crippen molar-refractivity contribution in [3.8, 4) is 5.75 Å². The van der Waals surface area contributed by atoms with Gasteiger partial charge < -0.3 is 15.0 Å². The molecule has 0 radical (unpaired) electrons. The highest BCUT2D eigenvalue weighted by molar-refractivity contribution is 6.32. The first-order valence-electron chi connectivity index (χ1n) is 5.38. The molecule has 1 rings (SSSR count). The molecule has 0 amide bonds. The van der Waals surface area contributed by atoms with Crippen molar-refractivity contribution in [1.82, 2.24) is 5.32 Å². The highest BCUT2D eigenvalue weighted by atomic mass is 35.5. The van der Waals surface area contributed by atoms with Gasteiger partial charge >= 0.3 is 0 Å². The van der Waals surface area contributed by atoms with Crippen LogP contribution < -0.4 is 15.0 Å². The number of nitrogens with zero attached hydrogens (tertiary/aromatic N) is 1. The van der Waals surface area contributed by atoms with E-state index in [2.05, 4.69) is 17.3 Å². The van der Waals surface area contributed by atoms with E-state index in [9.17, 15) is 0 Å². The Bertz CT molecular complexity index is 331. The summed E-state index contributed by atoms with van der Waals surface area (Å²) in [6.07, 6.45) is 1.11. The van der Waals surface area contributed by atoms with Crippen LogP contribution in [-0.2, 0) is 0 Å². The SMILES string of the molecule is CNCCCN(C)c1ccc(OC)c(Cl)c1. The maximum absolute atomic E-state index is 6.07. The number of hydrogen-bond acceptors (Lipinski definition) is 3. The Morgan fingerprint density at radius 2 is 2.19 bits per heavy atom. The molecule has 0 aliphatic carbocycles. The zero-order valence-electron chi connectivity index (χ0n) is 10.1. The van der Waals surface area contributed by atoms with Gasteiger partial charge in [0.1, 0.15) is 5.75 Å². The molecular formula is C12H19ClN2O. The topological polar surface area (TPSA) is 24.5 Å². The van der Waals surface area contributed by atoms with Gasteiger partial charge in [-0.05, 0) is 38.2 Å². The molecule has 0 atom stereocenters. The molecule has 0 heterocycles. The van der Waals surface area contributed by atoms with E-state index >= 15 is 0 Å². The molecule has 0 unspecified atom stereocenters. The molecule has 0 saturated heterocycles. The second-order valence-electron chi connectivity index (χ2n) is 3.70. The lowest BCUT2D eigenvalue weighted by Crippen LogP contribution is -2.22. The Hall–Kier alpha value is -0.930. The lowest BCUT2D eigenvalue weighted by Gasteiger charge is -2.20. The normalized spacial score (nSPS) is 10.2. The summed E-state index contributed by atoms with van der Waals surface area (Å²) in [4.78, 5) is 2.18. The molecule has 0 spiro atoms. The maximum Gasteiger partial charge on any atom is 0.137 e. The number of ether oxygens (including phenoxy) is 1. The number of hydrogen-bond donors (Lipinski definition) is 1. The first-order valence-corrected chi connectivity index (χ1v) is 5.76. The fraction of sp³-hybridized carbons (Fsp3) is 0.500. The van der Waals surface area contributed by atoms with E-state index in [-0.39, 0.29) is 0 Å². The zero-order valence-corrected chi connectivity index (χ0v) is 10.8. The van der Waals surface area contributed by atoms with Gasteiger partial charge in [0, 0.05) is 19.3 Å². The molecule has 1 aromatic carbocycles. The standard InChI is InChI=1S/C12H19ClN2O/c1-14-7-4-8-15(2)10-5-6-12(16-3)11(13)9-10/h5-6,9,14H,4,7-8H2,1-3H3. The fourth-order valence-corrected chi connectivity index (χ4v) is 1.77. The van der Waals surface area contributed by atoms with E-state index in [1.54, 1.807) is 7.11 Å². The van der Waals surface area contributed by atoms with Crippen LogP contribution in [0, 0.1) is 0 Å². The summed E-state index contributed by atoms with van der Waals surface area (Å²) in [6, 6.07) is 5.84. The first-order chi connectivity index (χ1) is 7.69. The highest BCUT2D eigenvalue weighted by Gasteiger charge is 2.05. The lowest BCUT2D eigenvalue weighted by atomic mass is 10.2. The Balaban J connectivity index is 2.62. The van der Waals surface area contributed by atoms with Crippen LogP contribution in [0.4, 0.5) is 5.69 Å². The van der Waals surface area contributed by atoms with E-state index in [1.807, 2.05) is 25.2 Å². The van der Waals surface area contributed by atoms with E-state index in [0.717, 1.165) is 25.2 Å². The quantitative estimate of drug-likeness (QED) is 0.776. The summed E-state index contributed by atoms with van der Waals surface area (Å²) in [5.41, 5.74) is 1.11. The van der Waals surface area contributed by atoms with E-state index < -0.39 is 0 Å².